The van der Waals surface area contributed by atoms with E-state index in [4.69, 9.17) is 4.74 Å². The van der Waals surface area contributed by atoms with E-state index >= 15 is 0 Å². The SMILES string of the molecule is CNC(C)CNC(=O)c1ccccc1CN1CCOCC1.Cl.Cl. The summed E-state index contributed by atoms with van der Waals surface area (Å²) in [7, 11) is 1.89. The molecular weight excluding hydrogens is 337 g/mol. The number of halogens is 2. The topological polar surface area (TPSA) is 53.6 Å². The fourth-order valence-corrected chi connectivity index (χ4v) is 2.32. The van der Waals surface area contributed by atoms with Crippen LogP contribution in [0.4, 0.5) is 0 Å². The second kappa shape index (κ2) is 11.6. The third kappa shape index (κ3) is 7.06. The molecule has 2 N–H and O–H groups in total. The molecule has 1 amide bonds. The molecule has 132 valence electrons. The lowest BCUT2D eigenvalue weighted by molar-refractivity contribution is 0.0340. The lowest BCUT2D eigenvalue weighted by Gasteiger charge is -2.27. The zero-order valence-corrected chi connectivity index (χ0v) is 15.3. The summed E-state index contributed by atoms with van der Waals surface area (Å²) < 4.78 is 5.36. The van der Waals surface area contributed by atoms with Crippen molar-refractivity contribution in [3.8, 4) is 0 Å². The van der Waals surface area contributed by atoms with Gasteiger partial charge in [-0.25, -0.2) is 0 Å². The third-order valence-electron chi connectivity index (χ3n) is 3.82. The highest BCUT2D eigenvalue weighted by atomic mass is 35.5. The van der Waals surface area contributed by atoms with Gasteiger partial charge in [-0.15, -0.1) is 24.8 Å². The zero-order chi connectivity index (χ0) is 15.1. The van der Waals surface area contributed by atoms with Crippen LogP contribution in [0.3, 0.4) is 0 Å². The summed E-state index contributed by atoms with van der Waals surface area (Å²) in [5.74, 6) is 0.000888. The minimum Gasteiger partial charge on any atom is -0.379 e. The zero-order valence-electron chi connectivity index (χ0n) is 13.7. The monoisotopic (exact) mass is 363 g/mol. The molecule has 1 aromatic carbocycles. The van der Waals surface area contributed by atoms with Gasteiger partial charge in [0.25, 0.3) is 5.91 Å². The maximum atomic E-state index is 12.3. The Morgan fingerprint density at radius 1 is 1.26 bits per heavy atom. The van der Waals surface area contributed by atoms with Crippen LogP contribution in [0.1, 0.15) is 22.8 Å². The van der Waals surface area contributed by atoms with Gasteiger partial charge >= 0.3 is 0 Å². The Morgan fingerprint density at radius 3 is 2.57 bits per heavy atom. The number of hydrogen-bond donors (Lipinski definition) is 2. The number of morpholine rings is 1. The van der Waals surface area contributed by atoms with Crippen LogP contribution in [0, 0.1) is 0 Å². The Balaban J connectivity index is 0.00000242. The number of carbonyl (C=O) groups excluding carboxylic acids is 1. The van der Waals surface area contributed by atoms with Crippen LogP contribution >= 0.6 is 24.8 Å². The van der Waals surface area contributed by atoms with Crippen LogP contribution in [0.5, 0.6) is 0 Å². The number of carbonyl (C=O) groups is 1. The van der Waals surface area contributed by atoms with Crippen molar-refractivity contribution in [2.24, 2.45) is 0 Å². The highest BCUT2D eigenvalue weighted by Crippen LogP contribution is 2.13. The quantitative estimate of drug-likeness (QED) is 0.807. The average Bonchev–Trinajstić information content (AvgIpc) is 2.53. The minimum absolute atomic E-state index is 0. The lowest BCUT2D eigenvalue weighted by Crippen LogP contribution is -2.38. The van der Waals surface area contributed by atoms with E-state index in [0.717, 1.165) is 44.0 Å². The van der Waals surface area contributed by atoms with Crippen molar-refractivity contribution in [1.29, 1.82) is 0 Å². The standard InChI is InChI=1S/C16H25N3O2.2ClH/c1-13(17-2)11-18-16(20)15-6-4-3-5-14(15)12-19-7-9-21-10-8-19;;/h3-6,13,17H,7-12H2,1-2H3,(H,18,20);2*1H. The largest absolute Gasteiger partial charge is 0.379 e. The van der Waals surface area contributed by atoms with E-state index in [1.54, 1.807) is 0 Å². The van der Waals surface area contributed by atoms with Gasteiger partial charge < -0.3 is 15.4 Å². The molecule has 0 aliphatic carbocycles. The second-order valence-electron chi connectivity index (χ2n) is 5.45. The van der Waals surface area contributed by atoms with Gasteiger partial charge in [0.05, 0.1) is 13.2 Å². The number of nitrogens with zero attached hydrogens (tertiary/aromatic N) is 1. The predicted octanol–water partition coefficient (Wildman–Crippen LogP) is 1.70. The molecule has 5 nitrogen and oxygen atoms in total. The third-order valence-corrected chi connectivity index (χ3v) is 3.82. The predicted molar refractivity (Wildman–Crippen MR) is 97.9 cm³/mol. The van der Waals surface area contributed by atoms with Crippen molar-refractivity contribution in [3.63, 3.8) is 0 Å². The summed E-state index contributed by atoms with van der Waals surface area (Å²) in [5, 5.41) is 6.10. The summed E-state index contributed by atoms with van der Waals surface area (Å²) in [4.78, 5) is 14.7. The number of hydrogen-bond acceptors (Lipinski definition) is 4. The van der Waals surface area contributed by atoms with Crippen LogP contribution < -0.4 is 10.6 Å². The van der Waals surface area contributed by atoms with Crippen molar-refractivity contribution < 1.29 is 9.53 Å². The number of ether oxygens (including phenoxy) is 1. The van der Waals surface area contributed by atoms with Gasteiger partial charge in [0.2, 0.25) is 0 Å². The summed E-state index contributed by atoms with van der Waals surface area (Å²) in [5.41, 5.74) is 1.85. The molecule has 0 aromatic heterocycles. The first-order valence-electron chi connectivity index (χ1n) is 7.54. The van der Waals surface area contributed by atoms with Crippen LogP contribution in [0.2, 0.25) is 0 Å². The number of amides is 1. The Morgan fingerprint density at radius 2 is 1.91 bits per heavy atom. The molecule has 1 aromatic rings. The Bertz CT molecular complexity index is 468. The number of likely N-dealkylation sites (N-methyl/N-ethyl adjacent to an activating group) is 1. The maximum absolute atomic E-state index is 12.3. The molecule has 0 saturated carbocycles. The van der Waals surface area contributed by atoms with Crippen LogP contribution in [0.25, 0.3) is 0 Å². The first-order valence-corrected chi connectivity index (χ1v) is 7.54. The van der Waals surface area contributed by atoms with E-state index in [2.05, 4.69) is 15.5 Å². The molecule has 1 aliphatic heterocycles. The molecule has 7 heteroatoms. The van der Waals surface area contributed by atoms with Crippen LogP contribution in [0.15, 0.2) is 24.3 Å². The number of rotatable bonds is 6. The molecule has 1 heterocycles. The molecule has 1 atom stereocenters. The van der Waals surface area contributed by atoms with Crippen LogP contribution in [-0.2, 0) is 11.3 Å². The summed E-state index contributed by atoms with van der Waals surface area (Å²) in [6.45, 7) is 6.86. The van der Waals surface area contributed by atoms with E-state index < -0.39 is 0 Å². The van der Waals surface area contributed by atoms with Crippen molar-refractivity contribution in [2.45, 2.75) is 19.5 Å². The first kappa shape index (κ1) is 22.1. The van der Waals surface area contributed by atoms with E-state index in [1.807, 2.05) is 38.2 Å². The van der Waals surface area contributed by atoms with Gasteiger partial charge in [-0.05, 0) is 25.6 Å². The summed E-state index contributed by atoms with van der Waals surface area (Å²) >= 11 is 0. The molecule has 0 spiro atoms. The molecule has 0 bridgehead atoms. The van der Waals surface area contributed by atoms with Crippen molar-refractivity contribution in [3.05, 3.63) is 35.4 Å². The molecule has 2 rings (SSSR count). The van der Waals surface area contributed by atoms with E-state index in [-0.39, 0.29) is 36.8 Å². The molecule has 1 saturated heterocycles. The van der Waals surface area contributed by atoms with Gasteiger partial charge in [0.1, 0.15) is 0 Å². The highest BCUT2D eigenvalue weighted by Gasteiger charge is 2.16. The fraction of sp³-hybridized carbons (Fsp3) is 0.562. The molecule has 1 fully saturated rings. The Kier molecular flexibility index (Phi) is 11.2. The van der Waals surface area contributed by atoms with E-state index in [9.17, 15) is 4.79 Å². The van der Waals surface area contributed by atoms with Gasteiger partial charge in [-0.1, -0.05) is 18.2 Å². The molecule has 0 radical (unpaired) electrons. The highest BCUT2D eigenvalue weighted by molar-refractivity contribution is 5.95. The number of benzene rings is 1. The van der Waals surface area contributed by atoms with Gasteiger partial charge in [0.15, 0.2) is 0 Å². The summed E-state index contributed by atoms with van der Waals surface area (Å²) in [6, 6.07) is 8.10. The van der Waals surface area contributed by atoms with Crippen LogP contribution in [-0.4, -0.2) is 56.7 Å². The average molecular weight is 364 g/mol. The van der Waals surface area contributed by atoms with E-state index in [0.29, 0.717) is 6.54 Å². The minimum atomic E-state index is 0. The maximum Gasteiger partial charge on any atom is 0.251 e. The number of nitrogens with one attached hydrogen (secondary N) is 2. The lowest BCUT2D eigenvalue weighted by atomic mass is 10.1. The first-order chi connectivity index (χ1) is 10.2. The molecule has 23 heavy (non-hydrogen) atoms. The second-order valence-corrected chi connectivity index (χ2v) is 5.45. The molecule has 1 aliphatic rings. The van der Waals surface area contributed by atoms with Crippen molar-refractivity contribution in [1.82, 2.24) is 15.5 Å². The molecule has 1 unspecified atom stereocenters. The normalized spacial score (nSPS) is 15.9. The smallest absolute Gasteiger partial charge is 0.251 e. The van der Waals surface area contributed by atoms with E-state index in [1.165, 1.54) is 0 Å². The Labute approximate surface area is 151 Å². The Hall–Kier alpha value is -0.850. The van der Waals surface area contributed by atoms with Crippen molar-refractivity contribution >= 4 is 30.7 Å². The summed E-state index contributed by atoms with van der Waals surface area (Å²) in [6.07, 6.45) is 0. The van der Waals surface area contributed by atoms with Crippen molar-refractivity contribution in [2.75, 3.05) is 39.9 Å². The fourth-order valence-electron chi connectivity index (χ4n) is 2.32. The molecular formula is C16H27Cl2N3O2. The van der Waals surface area contributed by atoms with Gasteiger partial charge in [0, 0.05) is 37.8 Å². The van der Waals surface area contributed by atoms with Gasteiger partial charge in [-0.2, -0.15) is 0 Å². The van der Waals surface area contributed by atoms with Gasteiger partial charge in [-0.3, -0.25) is 9.69 Å².